The zero-order valence-electron chi connectivity index (χ0n) is 10.6. The van der Waals surface area contributed by atoms with Crippen LogP contribution in [0.1, 0.15) is 16.5 Å². The molecule has 1 aromatic carbocycles. The Labute approximate surface area is 123 Å². The minimum Gasteiger partial charge on any atom is -0.381 e. The van der Waals surface area contributed by atoms with Gasteiger partial charge >= 0.3 is 0 Å². The average Bonchev–Trinajstić information content (AvgIpc) is 2.78. The summed E-state index contributed by atoms with van der Waals surface area (Å²) in [7, 11) is 0. The number of hydrogen-bond acceptors (Lipinski definition) is 4. The molecule has 2 rings (SSSR count). The van der Waals surface area contributed by atoms with Gasteiger partial charge in [0.05, 0.1) is 4.88 Å². The third-order valence-electron chi connectivity index (χ3n) is 2.83. The average molecular weight is 314 g/mol. The number of hydrogen-bond donors (Lipinski definition) is 1. The Bertz CT molecular complexity index is 608. The van der Waals surface area contributed by atoms with Crippen LogP contribution in [0.2, 0.25) is 0 Å². The Morgan fingerprint density at radius 3 is 2.50 bits per heavy atom. The van der Waals surface area contributed by atoms with Crippen molar-refractivity contribution in [1.29, 1.82) is 0 Å². The van der Waals surface area contributed by atoms with E-state index in [1.165, 1.54) is 0 Å². The first-order valence-corrected chi connectivity index (χ1v) is 7.89. The van der Waals surface area contributed by atoms with Crippen molar-refractivity contribution in [2.75, 3.05) is 6.26 Å². The monoisotopic (exact) mass is 314 g/mol. The van der Waals surface area contributed by atoms with Gasteiger partial charge in [-0.3, -0.25) is 4.79 Å². The van der Waals surface area contributed by atoms with Crippen LogP contribution in [-0.2, 0) is 11.2 Å². The van der Waals surface area contributed by atoms with Gasteiger partial charge in [0.15, 0.2) is 17.4 Å². The van der Waals surface area contributed by atoms with Crippen molar-refractivity contribution in [1.82, 2.24) is 0 Å². The van der Waals surface area contributed by atoms with Gasteiger partial charge in [0.2, 0.25) is 0 Å². The van der Waals surface area contributed by atoms with Crippen molar-refractivity contribution in [2.45, 2.75) is 17.4 Å². The Hall–Kier alpha value is -1.24. The van der Waals surface area contributed by atoms with Crippen molar-refractivity contribution in [2.24, 2.45) is 0 Å². The molecule has 0 saturated carbocycles. The fourth-order valence-corrected chi connectivity index (χ4v) is 2.89. The number of carbonyl (C=O) groups is 1. The number of aliphatic hydroxyl groups is 1. The first-order chi connectivity index (χ1) is 9.52. The van der Waals surface area contributed by atoms with E-state index in [2.05, 4.69) is 0 Å². The number of aliphatic hydroxyl groups excluding tert-OH is 1. The summed E-state index contributed by atoms with van der Waals surface area (Å²) in [5.41, 5.74) is 0.449. The smallest absolute Gasteiger partial charge is 0.173 e. The topological polar surface area (TPSA) is 37.3 Å². The molecule has 1 aromatic heterocycles. The summed E-state index contributed by atoms with van der Waals surface area (Å²) in [6.07, 6.45) is 0.284. The van der Waals surface area contributed by atoms with E-state index in [9.17, 15) is 18.7 Å². The number of ketones is 1. The summed E-state index contributed by atoms with van der Waals surface area (Å²) in [6, 6.07) is 6.89. The van der Waals surface area contributed by atoms with E-state index in [1.807, 2.05) is 6.26 Å². The van der Waals surface area contributed by atoms with Crippen molar-refractivity contribution in [3.05, 3.63) is 51.7 Å². The van der Waals surface area contributed by atoms with Crippen LogP contribution in [0.25, 0.3) is 0 Å². The molecule has 0 radical (unpaired) electrons. The van der Waals surface area contributed by atoms with E-state index in [1.54, 1.807) is 36.0 Å². The number of thiophene rings is 1. The summed E-state index contributed by atoms with van der Waals surface area (Å²) in [5, 5.41) is 11.0. The van der Waals surface area contributed by atoms with Gasteiger partial charge in [-0.05, 0) is 24.0 Å². The van der Waals surface area contributed by atoms with Gasteiger partial charge in [-0.15, -0.1) is 23.1 Å². The number of thioether (sulfide) groups is 1. The number of benzene rings is 1. The van der Waals surface area contributed by atoms with Gasteiger partial charge in [0.1, 0.15) is 6.10 Å². The maximum Gasteiger partial charge on any atom is 0.173 e. The highest BCUT2D eigenvalue weighted by atomic mass is 32.2. The molecule has 0 aliphatic rings. The minimum atomic E-state index is -1.32. The molecular formula is C14H12F2O2S2. The zero-order chi connectivity index (χ0) is 14.7. The first-order valence-electron chi connectivity index (χ1n) is 5.79. The van der Waals surface area contributed by atoms with Crippen LogP contribution in [0, 0.1) is 11.6 Å². The fraction of sp³-hybridized carbons (Fsp3) is 0.214. The third-order valence-corrected chi connectivity index (χ3v) is 4.51. The standard InChI is InChI=1S/C14H12F2O2S2/c1-19-9-4-2-8(3-5-9)14(18)11(17)6-12-13(16)10(15)7-20-12/h2-5,7,14,18H,6H2,1H3. The lowest BCUT2D eigenvalue weighted by Gasteiger charge is -2.10. The maximum absolute atomic E-state index is 13.3. The van der Waals surface area contributed by atoms with Crippen LogP contribution in [0.15, 0.2) is 34.5 Å². The second-order valence-corrected chi connectivity index (χ2v) is 5.98. The first kappa shape index (κ1) is 15.2. The van der Waals surface area contributed by atoms with Gasteiger partial charge in [-0.25, -0.2) is 8.78 Å². The molecule has 0 bridgehead atoms. The van der Waals surface area contributed by atoms with Crippen LogP contribution in [-0.4, -0.2) is 17.1 Å². The van der Waals surface area contributed by atoms with Crippen LogP contribution in [0.5, 0.6) is 0 Å². The number of Topliss-reactive ketones (excluding diaryl/α,β-unsaturated/α-hetero) is 1. The number of halogens is 2. The zero-order valence-corrected chi connectivity index (χ0v) is 12.2. The van der Waals surface area contributed by atoms with Gasteiger partial charge in [0.25, 0.3) is 0 Å². The molecule has 1 unspecified atom stereocenters. The van der Waals surface area contributed by atoms with Crippen molar-refractivity contribution >= 4 is 28.9 Å². The van der Waals surface area contributed by atoms with Gasteiger partial charge in [0, 0.05) is 16.7 Å². The maximum atomic E-state index is 13.3. The Morgan fingerprint density at radius 2 is 2.00 bits per heavy atom. The molecule has 0 spiro atoms. The lowest BCUT2D eigenvalue weighted by Crippen LogP contribution is -2.14. The highest BCUT2D eigenvalue weighted by molar-refractivity contribution is 7.98. The van der Waals surface area contributed by atoms with Gasteiger partial charge in [-0.2, -0.15) is 0 Å². The van der Waals surface area contributed by atoms with Crippen molar-refractivity contribution in [3.63, 3.8) is 0 Å². The predicted molar refractivity (Wildman–Crippen MR) is 76.1 cm³/mol. The minimum absolute atomic E-state index is 0.00674. The summed E-state index contributed by atoms with van der Waals surface area (Å²) in [5.74, 6) is -2.52. The lowest BCUT2D eigenvalue weighted by molar-refractivity contribution is -0.126. The molecule has 0 aliphatic carbocycles. The van der Waals surface area contributed by atoms with E-state index in [-0.39, 0.29) is 11.3 Å². The second kappa shape index (κ2) is 6.47. The molecular weight excluding hydrogens is 302 g/mol. The second-order valence-electron chi connectivity index (χ2n) is 4.14. The number of rotatable bonds is 5. The molecule has 106 valence electrons. The fourth-order valence-electron chi connectivity index (χ4n) is 1.71. The molecule has 20 heavy (non-hydrogen) atoms. The Morgan fingerprint density at radius 1 is 1.35 bits per heavy atom. The quantitative estimate of drug-likeness (QED) is 0.857. The van der Waals surface area contributed by atoms with Crippen LogP contribution < -0.4 is 0 Å². The van der Waals surface area contributed by atoms with E-state index in [0.29, 0.717) is 5.56 Å². The van der Waals surface area contributed by atoms with Crippen molar-refractivity contribution in [3.8, 4) is 0 Å². The molecule has 1 heterocycles. The van der Waals surface area contributed by atoms with E-state index < -0.39 is 23.5 Å². The molecule has 0 fully saturated rings. The molecule has 2 aromatic rings. The molecule has 6 heteroatoms. The Balaban J connectivity index is 2.09. The molecule has 0 amide bonds. The number of carbonyl (C=O) groups excluding carboxylic acids is 1. The van der Waals surface area contributed by atoms with Gasteiger partial charge in [-0.1, -0.05) is 12.1 Å². The van der Waals surface area contributed by atoms with E-state index >= 15 is 0 Å². The van der Waals surface area contributed by atoms with E-state index in [4.69, 9.17) is 0 Å². The molecule has 2 nitrogen and oxygen atoms in total. The Kier molecular flexibility index (Phi) is 4.91. The predicted octanol–water partition coefficient (Wildman–Crippen LogP) is 3.59. The van der Waals surface area contributed by atoms with Crippen LogP contribution >= 0.6 is 23.1 Å². The summed E-state index contributed by atoms with van der Waals surface area (Å²) < 4.78 is 26.1. The van der Waals surface area contributed by atoms with Crippen LogP contribution in [0.4, 0.5) is 8.78 Å². The summed E-state index contributed by atoms with van der Waals surface area (Å²) >= 11 is 2.39. The third kappa shape index (κ3) is 3.26. The summed E-state index contributed by atoms with van der Waals surface area (Å²) in [6.45, 7) is 0. The highest BCUT2D eigenvalue weighted by Gasteiger charge is 2.21. The molecule has 0 aliphatic heterocycles. The highest BCUT2D eigenvalue weighted by Crippen LogP contribution is 2.24. The normalized spacial score (nSPS) is 12.4. The SMILES string of the molecule is CSc1ccc(C(O)C(=O)Cc2scc(F)c2F)cc1. The van der Waals surface area contributed by atoms with Gasteiger partial charge < -0.3 is 5.11 Å². The van der Waals surface area contributed by atoms with Crippen LogP contribution in [0.3, 0.4) is 0 Å². The molecule has 1 atom stereocenters. The summed E-state index contributed by atoms with van der Waals surface area (Å²) in [4.78, 5) is 12.9. The van der Waals surface area contributed by atoms with E-state index in [0.717, 1.165) is 21.6 Å². The largest absolute Gasteiger partial charge is 0.381 e. The lowest BCUT2D eigenvalue weighted by atomic mass is 10.0. The van der Waals surface area contributed by atoms with Crippen molar-refractivity contribution < 1.29 is 18.7 Å². The molecule has 0 saturated heterocycles. The molecule has 1 N–H and O–H groups in total.